The average molecular weight is 354 g/mol. The summed E-state index contributed by atoms with van der Waals surface area (Å²) in [6.45, 7) is 6.36. The molecule has 0 spiro atoms. The van der Waals surface area contributed by atoms with Crippen LogP contribution in [0.3, 0.4) is 0 Å². The van der Waals surface area contributed by atoms with Gasteiger partial charge in [-0.2, -0.15) is 0 Å². The fourth-order valence-corrected chi connectivity index (χ4v) is 3.77. The zero-order valence-electron chi connectivity index (χ0n) is 16.1. The lowest BCUT2D eigenvalue weighted by Gasteiger charge is -2.32. The molecule has 0 saturated carbocycles. The summed E-state index contributed by atoms with van der Waals surface area (Å²) in [7, 11) is 3.42. The molecule has 26 heavy (non-hydrogen) atoms. The minimum atomic E-state index is 0.158. The molecule has 0 radical (unpaired) electrons. The van der Waals surface area contributed by atoms with Gasteiger partial charge in [0.05, 0.1) is 20.3 Å². The molecule has 2 aromatic rings. The highest BCUT2D eigenvalue weighted by Gasteiger charge is 2.27. The number of benzene rings is 2. The van der Waals surface area contributed by atoms with Gasteiger partial charge in [0, 0.05) is 25.2 Å². The van der Waals surface area contributed by atoms with Crippen LogP contribution >= 0.6 is 0 Å². The zero-order chi connectivity index (χ0) is 18.4. The topological polar surface area (TPSA) is 33.7 Å². The molecule has 0 aliphatic carbocycles. The number of nitrogens with zero attached hydrogens (tertiary/aromatic N) is 1. The maximum atomic E-state index is 5.77. The van der Waals surface area contributed by atoms with E-state index in [1.807, 2.05) is 6.07 Å². The fourth-order valence-electron chi connectivity index (χ4n) is 3.77. The lowest BCUT2D eigenvalue weighted by Crippen LogP contribution is -2.33. The summed E-state index contributed by atoms with van der Waals surface area (Å²) in [6, 6.07) is 15.4. The predicted molar refractivity (Wildman–Crippen MR) is 106 cm³/mol. The van der Waals surface area contributed by atoms with Gasteiger partial charge in [-0.05, 0) is 36.6 Å². The van der Waals surface area contributed by atoms with Crippen LogP contribution < -0.4 is 14.8 Å². The third-order valence-corrected chi connectivity index (χ3v) is 5.17. The average Bonchev–Trinajstić information content (AvgIpc) is 2.98. The molecule has 0 aromatic heterocycles. The first-order chi connectivity index (χ1) is 12.8. The highest BCUT2D eigenvalue weighted by atomic mass is 16.5. The zero-order valence-corrected chi connectivity index (χ0v) is 16.1. The van der Waals surface area contributed by atoms with Gasteiger partial charge in [0.15, 0.2) is 11.5 Å². The van der Waals surface area contributed by atoms with Gasteiger partial charge in [0.2, 0.25) is 0 Å². The Balaban J connectivity index is 2.07. The van der Waals surface area contributed by atoms with E-state index in [2.05, 4.69) is 53.5 Å². The van der Waals surface area contributed by atoms with E-state index in [9.17, 15) is 0 Å². The smallest absolute Gasteiger partial charge is 0.165 e. The van der Waals surface area contributed by atoms with Gasteiger partial charge < -0.3 is 14.8 Å². The largest absolute Gasteiger partial charge is 0.493 e. The molecule has 0 bridgehead atoms. The Bertz CT molecular complexity index is 692. The number of aryl methyl sites for hydroxylation is 1. The molecule has 0 amide bonds. The van der Waals surface area contributed by atoms with Crippen LogP contribution in [0.15, 0.2) is 42.5 Å². The third-order valence-electron chi connectivity index (χ3n) is 5.17. The fraction of sp³-hybridized carbons (Fsp3) is 0.455. The highest BCUT2D eigenvalue weighted by Crippen LogP contribution is 2.40. The standard InChI is InChI=1S/C22H30N2O2/c1-4-17-9-11-18(12-10-17)21(24-15-6-13-23-14-16-24)19-7-5-8-20(25-2)22(19)26-3/h5,7-12,21,23H,4,6,13-16H2,1-3H3. The Labute approximate surface area is 157 Å². The van der Waals surface area contributed by atoms with Crippen LogP contribution in [0.5, 0.6) is 11.5 Å². The maximum absolute atomic E-state index is 5.77. The second-order valence-corrected chi connectivity index (χ2v) is 6.72. The number of methoxy groups -OCH3 is 2. The summed E-state index contributed by atoms with van der Waals surface area (Å²) in [6.07, 6.45) is 2.21. The van der Waals surface area contributed by atoms with E-state index in [1.165, 1.54) is 11.1 Å². The number of rotatable bonds is 6. The molecule has 1 aliphatic heterocycles. The second kappa shape index (κ2) is 9.06. The molecule has 4 heteroatoms. The van der Waals surface area contributed by atoms with Crippen molar-refractivity contribution in [3.63, 3.8) is 0 Å². The van der Waals surface area contributed by atoms with E-state index in [0.717, 1.165) is 56.1 Å². The molecule has 1 unspecified atom stereocenters. The lowest BCUT2D eigenvalue weighted by molar-refractivity contribution is 0.234. The summed E-state index contributed by atoms with van der Waals surface area (Å²) in [4.78, 5) is 2.55. The van der Waals surface area contributed by atoms with Crippen molar-refractivity contribution in [3.8, 4) is 11.5 Å². The molecule has 1 saturated heterocycles. The molecule has 140 valence electrons. The van der Waals surface area contributed by atoms with E-state index in [1.54, 1.807) is 14.2 Å². The number of para-hydroxylation sites is 1. The second-order valence-electron chi connectivity index (χ2n) is 6.72. The molecular formula is C22H30N2O2. The minimum absolute atomic E-state index is 0.158. The van der Waals surface area contributed by atoms with Crippen molar-refractivity contribution in [1.29, 1.82) is 0 Å². The summed E-state index contributed by atoms with van der Waals surface area (Å²) in [5, 5.41) is 3.51. The van der Waals surface area contributed by atoms with Crippen molar-refractivity contribution in [3.05, 3.63) is 59.2 Å². The van der Waals surface area contributed by atoms with E-state index >= 15 is 0 Å². The van der Waals surface area contributed by atoms with Crippen LogP contribution in [0.2, 0.25) is 0 Å². The van der Waals surface area contributed by atoms with Crippen LogP contribution in [0, 0.1) is 0 Å². The summed E-state index contributed by atoms with van der Waals surface area (Å²) < 4.78 is 11.3. The van der Waals surface area contributed by atoms with Gasteiger partial charge >= 0.3 is 0 Å². The van der Waals surface area contributed by atoms with Crippen molar-refractivity contribution in [1.82, 2.24) is 10.2 Å². The molecule has 1 atom stereocenters. The van der Waals surface area contributed by atoms with E-state index in [0.29, 0.717) is 0 Å². The molecule has 1 fully saturated rings. The molecule has 3 rings (SSSR count). The Morgan fingerprint density at radius 3 is 2.50 bits per heavy atom. The molecule has 1 heterocycles. The molecule has 2 aromatic carbocycles. The first-order valence-corrected chi connectivity index (χ1v) is 9.53. The summed E-state index contributed by atoms with van der Waals surface area (Å²) in [5.41, 5.74) is 3.83. The van der Waals surface area contributed by atoms with Gasteiger partial charge in [0.25, 0.3) is 0 Å². The number of hydrogen-bond acceptors (Lipinski definition) is 4. The molecule has 1 aliphatic rings. The normalized spacial score (nSPS) is 16.7. The quantitative estimate of drug-likeness (QED) is 0.858. The first-order valence-electron chi connectivity index (χ1n) is 9.53. The Kier molecular flexibility index (Phi) is 6.53. The monoisotopic (exact) mass is 354 g/mol. The van der Waals surface area contributed by atoms with Crippen LogP contribution in [-0.2, 0) is 6.42 Å². The van der Waals surface area contributed by atoms with Crippen LogP contribution in [0.25, 0.3) is 0 Å². The maximum Gasteiger partial charge on any atom is 0.165 e. The minimum Gasteiger partial charge on any atom is -0.493 e. The van der Waals surface area contributed by atoms with E-state index < -0.39 is 0 Å². The van der Waals surface area contributed by atoms with Crippen molar-refractivity contribution >= 4 is 0 Å². The van der Waals surface area contributed by atoms with Gasteiger partial charge in [0.1, 0.15) is 0 Å². The number of ether oxygens (including phenoxy) is 2. The molecule has 1 N–H and O–H groups in total. The van der Waals surface area contributed by atoms with Crippen molar-refractivity contribution in [2.45, 2.75) is 25.8 Å². The highest BCUT2D eigenvalue weighted by molar-refractivity contribution is 5.51. The van der Waals surface area contributed by atoms with Crippen LogP contribution in [-0.4, -0.2) is 45.3 Å². The summed E-state index contributed by atoms with van der Waals surface area (Å²) >= 11 is 0. The van der Waals surface area contributed by atoms with Gasteiger partial charge in [-0.3, -0.25) is 4.90 Å². The Morgan fingerprint density at radius 1 is 1.00 bits per heavy atom. The van der Waals surface area contributed by atoms with Gasteiger partial charge in [-0.15, -0.1) is 0 Å². The molecular weight excluding hydrogens is 324 g/mol. The SMILES string of the molecule is CCc1ccc(C(c2cccc(OC)c2OC)N2CCCNCC2)cc1. The number of nitrogens with one attached hydrogen (secondary N) is 1. The van der Waals surface area contributed by atoms with Gasteiger partial charge in [-0.1, -0.05) is 43.3 Å². The van der Waals surface area contributed by atoms with Crippen molar-refractivity contribution < 1.29 is 9.47 Å². The Hall–Kier alpha value is -2.04. The lowest BCUT2D eigenvalue weighted by atomic mass is 9.94. The Morgan fingerprint density at radius 2 is 1.81 bits per heavy atom. The first kappa shape index (κ1) is 18.7. The van der Waals surface area contributed by atoms with E-state index in [-0.39, 0.29) is 6.04 Å². The van der Waals surface area contributed by atoms with Crippen LogP contribution in [0.4, 0.5) is 0 Å². The van der Waals surface area contributed by atoms with Gasteiger partial charge in [-0.25, -0.2) is 0 Å². The predicted octanol–water partition coefficient (Wildman–Crippen LogP) is 3.65. The van der Waals surface area contributed by atoms with Crippen LogP contribution in [0.1, 0.15) is 36.1 Å². The third kappa shape index (κ3) is 4.02. The number of hydrogen-bond donors (Lipinski definition) is 1. The summed E-state index contributed by atoms with van der Waals surface area (Å²) in [5.74, 6) is 1.62. The molecule has 4 nitrogen and oxygen atoms in total. The van der Waals surface area contributed by atoms with Crippen molar-refractivity contribution in [2.24, 2.45) is 0 Å². The van der Waals surface area contributed by atoms with Crippen molar-refractivity contribution in [2.75, 3.05) is 40.4 Å². The van der Waals surface area contributed by atoms with E-state index in [4.69, 9.17) is 9.47 Å².